The van der Waals surface area contributed by atoms with Gasteiger partial charge in [0.2, 0.25) is 0 Å². The van der Waals surface area contributed by atoms with E-state index in [-0.39, 0.29) is 23.5 Å². The van der Waals surface area contributed by atoms with Crippen molar-refractivity contribution >= 4 is 57.9 Å². The minimum Gasteiger partial charge on any atom is -0.390 e. The molecule has 6 nitrogen and oxygen atoms in total. The van der Waals surface area contributed by atoms with Gasteiger partial charge in [-0.25, -0.2) is 0 Å². The maximum Gasteiger partial charge on any atom is 0.255 e. The molecule has 33 heavy (non-hydrogen) atoms. The Kier molecular flexibility index (Phi) is 5.73. The van der Waals surface area contributed by atoms with Gasteiger partial charge in [-0.05, 0) is 75.2 Å². The van der Waals surface area contributed by atoms with Crippen LogP contribution in [-0.4, -0.2) is 68.2 Å². The van der Waals surface area contributed by atoms with Gasteiger partial charge in [-0.15, -0.1) is 0 Å². The van der Waals surface area contributed by atoms with Gasteiger partial charge in [0.1, 0.15) is 6.17 Å². The van der Waals surface area contributed by atoms with Gasteiger partial charge < -0.3 is 10.0 Å². The lowest BCUT2D eigenvalue weighted by Gasteiger charge is -2.61. The number of hydrogen-bond donors (Lipinski definition) is 2. The third-order valence-electron chi connectivity index (χ3n) is 9.24. The lowest BCUT2D eigenvalue weighted by Crippen LogP contribution is -2.66. The van der Waals surface area contributed by atoms with E-state index in [1.807, 2.05) is 11.1 Å². The fraction of sp³-hybridized carbons (Fsp3) is 0.833. The highest BCUT2D eigenvalue weighted by Gasteiger charge is 2.58. The summed E-state index contributed by atoms with van der Waals surface area (Å²) in [5, 5.41) is 15.2. The highest BCUT2D eigenvalue weighted by Crippen LogP contribution is 2.58. The number of aliphatic hydroxyl groups is 1. The van der Waals surface area contributed by atoms with Crippen LogP contribution in [-0.2, 0) is 8.20 Å². The number of carbonyl (C=O) groups is 1. The van der Waals surface area contributed by atoms with E-state index in [1.54, 1.807) is 0 Å². The Labute approximate surface area is 220 Å². The van der Waals surface area contributed by atoms with Crippen LogP contribution < -0.4 is 5.32 Å². The third kappa shape index (κ3) is 4.52. The van der Waals surface area contributed by atoms with Crippen molar-refractivity contribution < 1.29 is 14.1 Å². The normalized spacial score (nSPS) is 46.5. The SMILES string of the molecule is O=C(C1=C2CCCCC2C(NC23CC4CC(CC(O)(C4)C2)C3)N=C1)N1CCS(=O)(I)(I)CC1. The second-order valence-corrected chi connectivity index (χ2v) is 32.2. The molecule has 184 valence electrons. The molecular weight excluding hydrogens is 664 g/mol. The van der Waals surface area contributed by atoms with Crippen molar-refractivity contribution in [3.63, 3.8) is 0 Å². The molecule has 7 aliphatic rings. The molecule has 4 atom stereocenters. The average molecular weight is 699 g/mol. The molecule has 1 amide bonds. The number of nitrogens with one attached hydrogen (secondary N) is 1. The Morgan fingerprint density at radius 2 is 1.85 bits per heavy atom. The molecule has 5 aliphatic carbocycles. The number of aliphatic imine (C=N–C) groups is 1. The summed E-state index contributed by atoms with van der Waals surface area (Å²) in [4.78, 5) is 20.4. The number of hydrogen-bond acceptors (Lipinski definition) is 5. The van der Waals surface area contributed by atoms with Gasteiger partial charge in [0, 0.05) is 88.1 Å². The summed E-state index contributed by atoms with van der Waals surface area (Å²) in [6.45, 7) is 1.13. The Bertz CT molecular complexity index is 977. The van der Waals surface area contributed by atoms with Crippen LogP contribution in [0, 0.1) is 17.8 Å². The Morgan fingerprint density at radius 1 is 1.15 bits per heavy atom. The molecule has 0 radical (unpaired) electrons. The predicted molar refractivity (Wildman–Crippen MR) is 149 cm³/mol. The lowest BCUT2D eigenvalue weighted by molar-refractivity contribution is -0.145. The molecule has 9 heteroatoms. The molecule has 0 aromatic carbocycles. The molecule has 2 heterocycles. The highest BCUT2D eigenvalue weighted by molar-refractivity contribution is 14.3. The summed E-state index contributed by atoms with van der Waals surface area (Å²) in [5.41, 5.74) is 1.61. The number of rotatable bonds is 3. The first-order valence-electron chi connectivity index (χ1n) is 12.6. The maximum absolute atomic E-state index is 13.5. The average Bonchev–Trinajstić information content (AvgIpc) is 2.71. The van der Waals surface area contributed by atoms with Crippen molar-refractivity contribution in [2.24, 2.45) is 22.7 Å². The van der Waals surface area contributed by atoms with E-state index in [0.717, 1.165) is 56.9 Å². The van der Waals surface area contributed by atoms with Crippen LogP contribution in [0.5, 0.6) is 0 Å². The van der Waals surface area contributed by atoms with Crippen LogP contribution in [0.2, 0.25) is 0 Å². The number of carbonyl (C=O) groups excluding carboxylic acids is 1. The molecule has 2 aliphatic heterocycles. The Morgan fingerprint density at radius 3 is 2.52 bits per heavy atom. The highest BCUT2D eigenvalue weighted by atomic mass is 127. The van der Waals surface area contributed by atoms with E-state index < -0.39 is 9.01 Å². The Balaban J connectivity index is 1.22. The van der Waals surface area contributed by atoms with Crippen LogP contribution in [0.25, 0.3) is 0 Å². The Hall–Kier alpha value is 0.410. The smallest absolute Gasteiger partial charge is 0.255 e. The summed E-state index contributed by atoms with van der Waals surface area (Å²) < 4.78 is 10.3. The van der Waals surface area contributed by atoms with Crippen LogP contribution >= 0.6 is 42.4 Å². The quantitative estimate of drug-likeness (QED) is 0.346. The molecule has 7 rings (SSSR count). The molecule has 6 fully saturated rings. The standard InChI is InChI=1S/C24H35I2N3O3S/c25-33(26,32)7-5-29(6-8-33)22(30)20-14-27-21(19-4-2-1-3-18(19)20)28-23-10-16-9-17(11-23)13-24(31,12-16)15-23/h14,16-17,19,21,28,31H,1-13,15H2. The molecule has 0 aromatic rings. The molecule has 0 aromatic heterocycles. The summed E-state index contributed by atoms with van der Waals surface area (Å²) in [7, 11) is 0. The predicted octanol–water partition coefficient (Wildman–Crippen LogP) is 3.92. The van der Waals surface area contributed by atoms with Crippen molar-refractivity contribution in [1.82, 2.24) is 10.2 Å². The van der Waals surface area contributed by atoms with Crippen LogP contribution in [0.3, 0.4) is 0 Å². The molecule has 0 spiro atoms. The van der Waals surface area contributed by atoms with E-state index in [2.05, 4.69) is 47.7 Å². The lowest BCUT2D eigenvalue weighted by atomic mass is 9.51. The van der Waals surface area contributed by atoms with E-state index in [1.165, 1.54) is 18.4 Å². The maximum atomic E-state index is 13.5. The molecular formula is C24H35I2N3O3S. The van der Waals surface area contributed by atoms with Crippen molar-refractivity contribution in [2.45, 2.75) is 81.5 Å². The van der Waals surface area contributed by atoms with Gasteiger partial charge in [-0.3, -0.25) is 19.3 Å². The van der Waals surface area contributed by atoms with E-state index in [0.29, 0.717) is 36.4 Å². The number of nitrogens with zero attached hydrogens (tertiary/aromatic N) is 2. The number of dihydropyridines is 1. The molecule has 4 unspecified atom stereocenters. The van der Waals surface area contributed by atoms with Gasteiger partial charge in [0.05, 0.1) is 11.2 Å². The zero-order valence-corrected chi connectivity index (χ0v) is 24.2. The first-order valence-corrected chi connectivity index (χ1v) is 20.0. The second-order valence-electron chi connectivity index (χ2n) is 11.9. The van der Waals surface area contributed by atoms with E-state index in [9.17, 15) is 14.1 Å². The van der Waals surface area contributed by atoms with Gasteiger partial charge >= 0.3 is 0 Å². The zero-order valence-electron chi connectivity index (χ0n) is 19.1. The van der Waals surface area contributed by atoms with Gasteiger partial charge in [-0.2, -0.15) is 0 Å². The van der Waals surface area contributed by atoms with Crippen LogP contribution in [0.4, 0.5) is 0 Å². The molecule has 1 saturated heterocycles. The van der Waals surface area contributed by atoms with Crippen molar-refractivity contribution in [3.8, 4) is 0 Å². The fourth-order valence-corrected chi connectivity index (χ4v) is 11.9. The van der Waals surface area contributed by atoms with Crippen LogP contribution in [0.1, 0.15) is 64.2 Å². The van der Waals surface area contributed by atoms with E-state index in [4.69, 9.17) is 4.99 Å². The first kappa shape index (κ1) is 23.8. The number of halogens is 2. The summed E-state index contributed by atoms with van der Waals surface area (Å²) >= 11 is 4.25. The van der Waals surface area contributed by atoms with Crippen molar-refractivity contribution in [3.05, 3.63) is 11.1 Å². The zero-order chi connectivity index (χ0) is 23.1. The minimum atomic E-state index is -2.62. The van der Waals surface area contributed by atoms with Gasteiger partial charge in [-0.1, -0.05) is 6.42 Å². The molecule has 4 bridgehead atoms. The third-order valence-corrected chi connectivity index (χ3v) is 16.4. The summed E-state index contributed by atoms with van der Waals surface area (Å²) in [6, 6.07) is 0. The summed E-state index contributed by atoms with van der Waals surface area (Å²) in [6.07, 6.45) is 12.7. The van der Waals surface area contributed by atoms with Crippen LogP contribution in [0.15, 0.2) is 16.1 Å². The largest absolute Gasteiger partial charge is 0.390 e. The monoisotopic (exact) mass is 699 g/mol. The second kappa shape index (κ2) is 7.95. The molecule has 2 N–H and O–H groups in total. The van der Waals surface area contributed by atoms with Gasteiger partial charge in [0.25, 0.3) is 5.91 Å². The summed E-state index contributed by atoms with van der Waals surface area (Å²) in [5.74, 6) is 2.80. The van der Waals surface area contributed by atoms with Gasteiger partial charge in [0.15, 0.2) is 0 Å². The molecule has 5 saturated carbocycles. The number of amides is 1. The number of fused-ring (bicyclic) bond motifs is 1. The van der Waals surface area contributed by atoms with Crippen molar-refractivity contribution in [1.29, 1.82) is 0 Å². The topological polar surface area (TPSA) is 82.0 Å². The first-order chi connectivity index (χ1) is 15.5. The fourth-order valence-electron chi connectivity index (χ4n) is 8.24. The van der Waals surface area contributed by atoms with Crippen molar-refractivity contribution in [2.75, 3.05) is 24.6 Å². The minimum absolute atomic E-state index is 0.00767. The van der Waals surface area contributed by atoms with E-state index >= 15 is 0 Å².